The van der Waals surface area contributed by atoms with Crippen LogP contribution in [-0.4, -0.2) is 17.6 Å². The van der Waals surface area contributed by atoms with Crippen LogP contribution in [0, 0.1) is 0 Å². The number of rotatable bonds is 6. The van der Waals surface area contributed by atoms with E-state index in [2.05, 4.69) is 15.6 Å². The lowest BCUT2D eigenvalue weighted by Crippen LogP contribution is -2.34. The molecule has 0 radical (unpaired) electrons. The van der Waals surface area contributed by atoms with Crippen LogP contribution in [0.2, 0.25) is 5.02 Å². The standard InChI is InChI=1S/C16H18ClN3O2/c1-2-22-15-13(4-3-9-18-15)11-20-16(21)19-10-12-5-7-14(17)8-6-12/h3-9H,2,10-11H2,1H3,(H2,19,20,21). The van der Waals surface area contributed by atoms with E-state index in [1.807, 2.05) is 31.2 Å². The number of urea groups is 1. The molecule has 0 fully saturated rings. The summed E-state index contributed by atoms with van der Waals surface area (Å²) in [6, 6.07) is 10.8. The zero-order valence-electron chi connectivity index (χ0n) is 12.3. The number of benzene rings is 1. The normalized spacial score (nSPS) is 10.1. The van der Waals surface area contributed by atoms with Crippen LogP contribution in [0.5, 0.6) is 5.88 Å². The number of carbonyl (C=O) groups is 1. The number of hydrogen-bond donors (Lipinski definition) is 2. The van der Waals surface area contributed by atoms with Gasteiger partial charge in [-0.3, -0.25) is 0 Å². The first-order valence-electron chi connectivity index (χ1n) is 7.02. The number of hydrogen-bond acceptors (Lipinski definition) is 3. The van der Waals surface area contributed by atoms with Gasteiger partial charge in [0.25, 0.3) is 0 Å². The van der Waals surface area contributed by atoms with Crippen molar-refractivity contribution in [3.05, 3.63) is 58.7 Å². The van der Waals surface area contributed by atoms with Crippen LogP contribution in [0.25, 0.3) is 0 Å². The third kappa shape index (κ3) is 4.93. The molecule has 1 aromatic carbocycles. The highest BCUT2D eigenvalue weighted by Gasteiger charge is 2.06. The number of nitrogens with zero attached hydrogens (tertiary/aromatic N) is 1. The predicted octanol–water partition coefficient (Wildman–Crippen LogP) is 3.13. The van der Waals surface area contributed by atoms with E-state index in [0.717, 1.165) is 11.1 Å². The fourth-order valence-electron chi connectivity index (χ4n) is 1.85. The second-order valence-electron chi connectivity index (χ2n) is 4.56. The zero-order chi connectivity index (χ0) is 15.8. The molecule has 6 heteroatoms. The van der Waals surface area contributed by atoms with E-state index in [4.69, 9.17) is 16.3 Å². The fourth-order valence-corrected chi connectivity index (χ4v) is 1.97. The summed E-state index contributed by atoms with van der Waals surface area (Å²) in [7, 11) is 0. The maximum atomic E-state index is 11.8. The van der Waals surface area contributed by atoms with E-state index in [1.165, 1.54) is 0 Å². The number of ether oxygens (including phenoxy) is 1. The molecule has 2 aromatic rings. The second kappa shape index (κ2) is 8.24. The summed E-state index contributed by atoms with van der Waals surface area (Å²) in [5.74, 6) is 0.544. The number of amides is 2. The largest absolute Gasteiger partial charge is 0.478 e. The van der Waals surface area contributed by atoms with Crippen molar-refractivity contribution in [1.82, 2.24) is 15.6 Å². The SMILES string of the molecule is CCOc1ncccc1CNC(=O)NCc1ccc(Cl)cc1. The number of carbonyl (C=O) groups excluding carboxylic acids is 1. The second-order valence-corrected chi connectivity index (χ2v) is 5.00. The lowest BCUT2D eigenvalue weighted by molar-refractivity contribution is 0.240. The molecule has 0 aliphatic carbocycles. The van der Waals surface area contributed by atoms with E-state index in [-0.39, 0.29) is 6.03 Å². The quantitative estimate of drug-likeness (QED) is 0.859. The van der Waals surface area contributed by atoms with E-state index in [1.54, 1.807) is 18.3 Å². The average molecular weight is 320 g/mol. The van der Waals surface area contributed by atoms with Crippen molar-refractivity contribution in [2.24, 2.45) is 0 Å². The van der Waals surface area contributed by atoms with Crippen LogP contribution in [0.1, 0.15) is 18.1 Å². The third-order valence-corrected chi connectivity index (χ3v) is 3.19. The summed E-state index contributed by atoms with van der Waals surface area (Å²) < 4.78 is 5.41. The lowest BCUT2D eigenvalue weighted by Gasteiger charge is -2.10. The smallest absolute Gasteiger partial charge is 0.315 e. The molecule has 2 amide bonds. The van der Waals surface area contributed by atoms with Gasteiger partial charge in [-0.25, -0.2) is 9.78 Å². The van der Waals surface area contributed by atoms with Gasteiger partial charge >= 0.3 is 6.03 Å². The van der Waals surface area contributed by atoms with E-state index in [0.29, 0.717) is 30.6 Å². The molecule has 1 heterocycles. The molecule has 2 N–H and O–H groups in total. The molecule has 0 atom stereocenters. The van der Waals surface area contributed by atoms with Gasteiger partial charge in [-0.2, -0.15) is 0 Å². The number of pyridine rings is 1. The molecule has 22 heavy (non-hydrogen) atoms. The first-order valence-corrected chi connectivity index (χ1v) is 7.39. The fraction of sp³-hybridized carbons (Fsp3) is 0.250. The Labute approximate surface area is 134 Å². The lowest BCUT2D eigenvalue weighted by atomic mass is 10.2. The van der Waals surface area contributed by atoms with Crippen LogP contribution in [-0.2, 0) is 13.1 Å². The molecule has 0 spiro atoms. The first kappa shape index (κ1) is 16.1. The first-order chi connectivity index (χ1) is 10.7. The molecule has 0 aliphatic heterocycles. The van der Waals surface area contributed by atoms with Gasteiger partial charge in [0, 0.05) is 29.9 Å². The molecule has 1 aromatic heterocycles. The van der Waals surface area contributed by atoms with Gasteiger partial charge < -0.3 is 15.4 Å². The number of aromatic nitrogens is 1. The molecule has 116 valence electrons. The summed E-state index contributed by atoms with van der Waals surface area (Å²) in [5.41, 5.74) is 1.82. The van der Waals surface area contributed by atoms with Crippen LogP contribution < -0.4 is 15.4 Å². The van der Waals surface area contributed by atoms with Gasteiger partial charge in [-0.1, -0.05) is 29.8 Å². The minimum atomic E-state index is -0.249. The minimum Gasteiger partial charge on any atom is -0.478 e. The molecular weight excluding hydrogens is 302 g/mol. The Balaban J connectivity index is 1.81. The highest BCUT2D eigenvalue weighted by Crippen LogP contribution is 2.13. The van der Waals surface area contributed by atoms with Crippen molar-refractivity contribution in [3.8, 4) is 5.88 Å². The summed E-state index contributed by atoms with van der Waals surface area (Å²) in [4.78, 5) is 16.0. The van der Waals surface area contributed by atoms with Crippen molar-refractivity contribution in [1.29, 1.82) is 0 Å². The van der Waals surface area contributed by atoms with Gasteiger partial charge in [0.05, 0.1) is 6.61 Å². The minimum absolute atomic E-state index is 0.249. The van der Waals surface area contributed by atoms with Crippen LogP contribution >= 0.6 is 11.6 Å². The Bertz CT molecular complexity index is 617. The molecule has 0 aliphatic rings. The molecular formula is C16H18ClN3O2. The molecule has 0 bridgehead atoms. The van der Waals surface area contributed by atoms with Gasteiger partial charge in [0.2, 0.25) is 5.88 Å². The molecule has 0 saturated heterocycles. The Morgan fingerprint density at radius 3 is 2.64 bits per heavy atom. The van der Waals surface area contributed by atoms with E-state index < -0.39 is 0 Å². The summed E-state index contributed by atoms with van der Waals surface area (Å²) in [6.45, 7) is 3.22. The van der Waals surface area contributed by atoms with Crippen molar-refractivity contribution in [2.75, 3.05) is 6.61 Å². The van der Waals surface area contributed by atoms with Crippen molar-refractivity contribution in [2.45, 2.75) is 20.0 Å². The summed E-state index contributed by atoms with van der Waals surface area (Å²) >= 11 is 5.81. The van der Waals surface area contributed by atoms with Crippen molar-refractivity contribution in [3.63, 3.8) is 0 Å². The average Bonchev–Trinajstić information content (AvgIpc) is 2.54. The molecule has 0 unspecified atom stereocenters. The van der Waals surface area contributed by atoms with E-state index in [9.17, 15) is 4.79 Å². The van der Waals surface area contributed by atoms with Crippen molar-refractivity contribution >= 4 is 17.6 Å². The Morgan fingerprint density at radius 1 is 1.18 bits per heavy atom. The Morgan fingerprint density at radius 2 is 1.91 bits per heavy atom. The maximum absolute atomic E-state index is 11.8. The summed E-state index contributed by atoms with van der Waals surface area (Å²) in [5, 5.41) is 6.24. The van der Waals surface area contributed by atoms with Gasteiger partial charge in [-0.15, -0.1) is 0 Å². The zero-order valence-corrected chi connectivity index (χ0v) is 13.1. The van der Waals surface area contributed by atoms with Crippen molar-refractivity contribution < 1.29 is 9.53 Å². The predicted molar refractivity (Wildman–Crippen MR) is 85.9 cm³/mol. The number of nitrogens with one attached hydrogen (secondary N) is 2. The molecule has 2 rings (SSSR count). The Hall–Kier alpha value is -2.27. The monoisotopic (exact) mass is 319 g/mol. The van der Waals surface area contributed by atoms with Gasteiger partial charge in [-0.05, 0) is 30.7 Å². The van der Waals surface area contributed by atoms with Gasteiger partial charge in [0.15, 0.2) is 0 Å². The maximum Gasteiger partial charge on any atom is 0.315 e. The summed E-state index contributed by atoms with van der Waals surface area (Å²) in [6.07, 6.45) is 1.66. The molecule has 0 saturated carbocycles. The highest BCUT2D eigenvalue weighted by atomic mass is 35.5. The van der Waals surface area contributed by atoms with Crippen LogP contribution in [0.3, 0.4) is 0 Å². The van der Waals surface area contributed by atoms with Crippen LogP contribution in [0.15, 0.2) is 42.6 Å². The Kier molecular flexibility index (Phi) is 6.03. The topological polar surface area (TPSA) is 63.2 Å². The number of halogens is 1. The van der Waals surface area contributed by atoms with Gasteiger partial charge in [0.1, 0.15) is 0 Å². The molecule has 5 nitrogen and oxygen atoms in total. The van der Waals surface area contributed by atoms with Crippen LogP contribution in [0.4, 0.5) is 4.79 Å². The third-order valence-electron chi connectivity index (χ3n) is 2.94. The highest BCUT2D eigenvalue weighted by molar-refractivity contribution is 6.30. The van der Waals surface area contributed by atoms with E-state index >= 15 is 0 Å².